The Labute approximate surface area is 180 Å². The highest BCUT2D eigenvalue weighted by molar-refractivity contribution is 5.88. The van der Waals surface area contributed by atoms with Crippen molar-refractivity contribution in [2.75, 3.05) is 6.61 Å². The molecule has 0 bridgehead atoms. The van der Waals surface area contributed by atoms with Crippen LogP contribution in [0.4, 0.5) is 0 Å². The van der Waals surface area contributed by atoms with Crippen LogP contribution in [-0.4, -0.2) is 24.7 Å². The lowest BCUT2D eigenvalue weighted by Crippen LogP contribution is -2.24. The van der Waals surface area contributed by atoms with Crippen LogP contribution >= 0.6 is 0 Å². The van der Waals surface area contributed by atoms with Gasteiger partial charge in [-0.25, -0.2) is 10.2 Å². The van der Waals surface area contributed by atoms with E-state index in [1.54, 1.807) is 30.3 Å². The molecular weight excluding hydrogens is 396 g/mol. The number of furan rings is 1. The molecule has 7 heteroatoms. The zero-order valence-corrected chi connectivity index (χ0v) is 17.6. The molecule has 31 heavy (non-hydrogen) atoms. The summed E-state index contributed by atoms with van der Waals surface area (Å²) in [5.41, 5.74) is 4.38. The van der Waals surface area contributed by atoms with Crippen molar-refractivity contribution in [2.45, 2.75) is 26.2 Å². The van der Waals surface area contributed by atoms with E-state index in [0.717, 1.165) is 5.56 Å². The number of hydrazone groups is 1. The molecule has 0 unspecified atom stereocenters. The first-order valence-corrected chi connectivity index (χ1v) is 9.72. The third kappa shape index (κ3) is 6.57. The first-order valence-electron chi connectivity index (χ1n) is 9.72. The molecule has 0 saturated heterocycles. The van der Waals surface area contributed by atoms with E-state index in [-0.39, 0.29) is 23.7 Å². The van der Waals surface area contributed by atoms with Crippen LogP contribution in [-0.2, 0) is 10.2 Å². The van der Waals surface area contributed by atoms with Crippen molar-refractivity contribution in [3.8, 4) is 11.5 Å². The number of rotatable bonds is 7. The standard InChI is InChI=1S/C24H24N2O5/c1-24(2,3)18-8-12-19(13-9-18)30-16-22(27)26-25-15-17-6-10-20(11-7-17)31-23(28)21-5-4-14-29-21/h4-15H,16H2,1-3H3,(H,26,27)/b25-15+. The van der Waals surface area contributed by atoms with Crippen molar-refractivity contribution in [3.05, 3.63) is 83.8 Å². The fourth-order valence-electron chi connectivity index (χ4n) is 2.59. The van der Waals surface area contributed by atoms with Crippen LogP contribution in [0, 0.1) is 0 Å². The van der Waals surface area contributed by atoms with E-state index in [1.165, 1.54) is 24.1 Å². The molecule has 0 aliphatic rings. The van der Waals surface area contributed by atoms with Gasteiger partial charge in [0.2, 0.25) is 5.76 Å². The van der Waals surface area contributed by atoms with Gasteiger partial charge in [0.15, 0.2) is 6.61 Å². The molecule has 7 nitrogen and oxygen atoms in total. The monoisotopic (exact) mass is 420 g/mol. The van der Waals surface area contributed by atoms with Gasteiger partial charge in [-0.3, -0.25) is 4.79 Å². The van der Waals surface area contributed by atoms with Gasteiger partial charge in [0.25, 0.3) is 5.91 Å². The summed E-state index contributed by atoms with van der Waals surface area (Å²) in [6.07, 6.45) is 2.88. The van der Waals surface area contributed by atoms with E-state index in [0.29, 0.717) is 11.5 Å². The quantitative estimate of drug-likeness (QED) is 0.266. The lowest BCUT2D eigenvalue weighted by molar-refractivity contribution is -0.123. The fourth-order valence-corrected chi connectivity index (χ4v) is 2.59. The van der Waals surface area contributed by atoms with E-state index in [9.17, 15) is 9.59 Å². The average molecular weight is 420 g/mol. The van der Waals surface area contributed by atoms with Gasteiger partial charge in [0.05, 0.1) is 12.5 Å². The number of hydrogen-bond acceptors (Lipinski definition) is 6. The molecule has 1 amide bonds. The molecule has 1 aromatic heterocycles. The minimum atomic E-state index is -0.577. The number of carbonyl (C=O) groups excluding carboxylic acids is 2. The number of ether oxygens (including phenoxy) is 2. The molecule has 0 saturated carbocycles. The van der Waals surface area contributed by atoms with Gasteiger partial charge >= 0.3 is 5.97 Å². The third-order valence-corrected chi connectivity index (χ3v) is 4.31. The van der Waals surface area contributed by atoms with E-state index < -0.39 is 5.97 Å². The number of nitrogens with zero attached hydrogens (tertiary/aromatic N) is 1. The van der Waals surface area contributed by atoms with Crippen molar-refractivity contribution >= 4 is 18.1 Å². The minimum Gasteiger partial charge on any atom is -0.484 e. The normalized spacial score (nSPS) is 11.3. The van der Waals surface area contributed by atoms with Crippen LogP contribution in [0.25, 0.3) is 0 Å². The van der Waals surface area contributed by atoms with Gasteiger partial charge < -0.3 is 13.9 Å². The lowest BCUT2D eigenvalue weighted by Gasteiger charge is -2.19. The molecule has 0 fully saturated rings. The average Bonchev–Trinajstić information content (AvgIpc) is 3.28. The second kappa shape index (κ2) is 9.75. The van der Waals surface area contributed by atoms with Crippen molar-refractivity contribution in [1.29, 1.82) is 0 Å². The lowest BCUT2D eigenvalue weighted by atomic mass is 9.87. The van der Waals surface area contributed by atoms with Gasteiger partial charge in [-0.05, 0) is 65.1 Å². The zero-order chi connectivity index (χ0) is 22.3. The second-order valence-electron chi connectivity index (χ2n) is 7.79. The van der Waals surface area contributed by atoms with Crippen molar-refractivity contribution in [2.24, 2.45) is 5.10 Å². The van der Waals surface area contributed by atoms with Gasteiger partial charge in [-0.1, -0.05) is 32.9 Å². The first-order chi connectivity index (χ1) is 14.8. The molecule has 0 spiro atoms. The summed E-state index contributed by atoms with van der Waals surface area (Å²) >= 11 is 0. The number of carbonyl (C=O) groups is 2. The molecule has 3 rings (SSSR count). The summed E-state index contributed by atoms with van der Waals surface area (Å²) in [5, 5.41) is 3.90. The van der Waals surface area contributed by atoms with Gasteiger partial charge in [0.1, 0.15) is 11.5 Å². The summed E-state index contributed by atoms with van der Waals surface area (Å²) in [5.74, 6) is 0.160. The largest absolute Gasteiger partial charge is 0.484 e. The van der Waals surface area contributed by atoms with Crippen LogP contribution in [0.1, 0.15) is 42.5 Å². The molecule has 0 atom stereocenters. The molecule has 0 aliphatic heterocycles. The molecule has 1 N–H and O–H groups in total. The summed E-state index contributed by atoms with van der Waals surface area (Å²) in [4.78, 5) is 23.7. The van der Waals surface area contributed by atoms with E-state index in [1.807, 2.05) is 24.3 Å². The van der Waals surface area contributed by atoms with Crippen LogP contribution in [0.5, 0.6) is 11.5 Å². The number of esters is 1. The summed E-state index contributed by atoms with van der Waals surface area (Å²) in [6, 6.07) is 17.4. The fraction of sp³-hybridized carbons (Fsp3) is 0.208. The topological polar surface area (TPSA) is 90.1 Å². The Morgan fingerprint density at radius 2 is 1.68 bits per heavy atom. The predicted molar refractivity (Wildman–Crippen MR) is 116 cm³/mol. The first kappa shape index (κ1) is 21.8. The molecule has 2 aromatic carbocycles. The number of hydrogen-bond donors (Lipinski definition) is 1. The van der Waals surface area contributed by atoms with Crippen LogP contribution in [0.15, 0.2) is 76.4 Å². The second-order valence-corrected chi connectivity index (χ2v) is 7.79. The third-order valence-electron chi connectivity index (χ3n) is 4.31. The van der Waals surface area contributed by atoms with Gasteiger partial charge in [-0.15, -0.1) is 0 Å². The van der Waals surface area contributed by atoms with Gasteiger partial charge in [0, 0.05) is 0 Å². The Kier molecular flexibility index (Phi) is 6.87. The molecule has 0 aliphatic carbocycles. The van der Waals surface area contributed by atoms with Crippen LogP contribution in [0.3, 0.4) is 0 Å². The SMILES string of the molecule is CC(C)(C)c1ccc(OCC(=O)N/N=C/c2ccc(OC(=O)c3ccco3)cc2)cc1. The van der Waals surface area contributed by atoms with Crippen LogP contribution < -0.4 is 14.9 Å². The van der Waals surface area contributed by atoms with Gasteiger partial charge in [-0.2, -0.15) is 5.10 Å². The van der Waals surface area contributed by atoms with E-state index in [4.69, 9.17) is 13.9 Å². The Hall–Kier alpha value is -3.87. The zero-order valence-electron chi connectivity index (χ0n) is 17.6. The summed E-state index contributed by atoms with van der Waals surface area (Å²) in [6.45, 7) is 6.26. The molecular formula is C24H24N2O5. The highest BCUT2D eigenvalue weighted by atomic mass is 16.5. The highest BCUT2D eigenvalue weighted by Gasteiger charge is 2.13. The number of benzene rings is 2. The Bertz CT molecular complexity index is 1030. The van der Waals surface area contributed by atoms with Crippen molar-refractivity contribution in [1.82, 2.24) is 5.43 Å². The number of amides is 1. The smallest absolute Gasteiger partial charge is 0.379 e. The summed E-state index contributed by atoms with van der Waals surface area (Å²) < 4.78 is 15.7. The van der Waals surface area contributed by atoms with Crippen LogP contribution in [0.2, 0.25) is 0 Å². The highest BCUT2D eigenvalue weighted by Crippen LogP contribution is 2.24. The maximum atomic E-state index is 11.9. The molecule has 160 valence electrons. The van der Waals surface area contributed by atoms with E-state index in [2.05, 4.69) is 31.3 Å². The Morgan fingerprint density at radius 1 is 1.00 bits per heavy atom. The Balaban J connectivity index is 1.43. The summed E-state index contributed by atoms with van der Waals surface area (Å²) in [7, 11) is 0. The minimum absolute atomic E-state index is 0.0594. The predicted octanol–water partition coefficient (Wildman–Crippen LogP) is 4.33. The number of nitrogens with one attached hydrogen (secondary N) is 1. The maximum Gasteiger partial charge on any atom is 0.379 e. The maximum absolute atomic E-state index is 11.9. The molecule has 0 radical (unpaired) electrons. The van der Waals surface area contributed by atoms with Crippen molar-refractivity contribution < 1.29 is 23.5 Å². The Morgan fingerprint density at radius 3 is 2.29 bits per heavy atom. The molecule has 1 heterocycles. The van der Waals surface area contributed by atoms with Crippen molar-refractivity contribution in [3.63, 3.8) is 0 Å². The van der Waals surface area contributed by atoms with E-state index >= 15 is 0 Å². The molecule has 3 aromatic rings.